The van der Waals surface area contributed by atoms with Crippen LogP contribution in [0.5, 0.6) is 5.75 Å². The Morgan fingerprint density at radius 3 is 2.90 bits per heavy atom. The van der Waals surface area contributed by atoms with E-state index in [-0.39, 0.29) is 6.61 Å². The van der Waals surface area contributed by atoms with E-state index in [0.717, 1.165) is 11.5 Å². The number of aryl methyl sites for hydroxylation is 1. The van der Waals surface area contributed by atoms with Crippen molar-refractivity contribution in [1.29, 1.82) is 0 Å². The Labute approximate surface area is 132 Å². The number of aromatic nitrogens is 1. The summed E-state index contributed by atoms with van der Waals surface area (Å²) >= 11 is 11.8. The van der Waals surface area contributed by atoms with Crippen LogP contribution in [-0.4, -0.2) is 29.5 Å². The van der Waals surface area contributed by atoms with Gasteiger partial charge in [0.2, 0.25) is 0 Å². The largest absolute Gasteiger partial charge is 0.489 e. The normalized spacial score (nSPS) is 12.4. The van der Waals surface area contributed by atoms with Gasteiger partial charge >= 0.3 is 0 Å². The summed E-state index contributed by atoms with van der Waals surface area (Å²) < 4.78 is 10.5. The van der Waals surface area contributed by atoms with Crippen molar-refractivity contribution < 1.29 is 14.4 Å². The van der Waals surface area contributed by atoms with Crippen LogP contribution in [0.1, 0.15) is 11.5 Å². The highest BCUT2D eigenvalue weighted by Gasteiger charge is 2.09. The average Bonchev–Trinajstić information content (AvgIpc) is 2.85. The Morgan fingerprint density at radius 1 is 1.38 bits per heavy atom. The standard InChI is InChI=1S/C14H16Cl2N2O3/c1-9-4-12(21-18-9)7-17-6-11(19)8-20-14-5-10(15)2-3-13(14)16/h2-5,11,17,19H,6-8H2,1H3. The van der Waals surface area contributed by atoms with Crippen LogP contribution in [0.25, 0.3) is 0 Å². The molecule has 0 aliphatic rings. The van der Waals surface area contributed by atoms with Crippen molar-refractivity contribution in [3.8, 4) is 5.75 Å². The first-order valence-corrected chi connectivity index (χ1v) is 7.19. The van der Waals surface area contributed by atoms with Crippen LogP contribution >= 0.6 is 23.2 Å². The Balaban J connectivity index is 1.72. The van der Waals surface area contributed by atoms with Gasteiger partial charge in [0, 0.05) is 23.7 Å². The van der Waals surface area contributed by atoms with Gasteiger partial charge in [-0.25, -0.2) is 0 Å². The molecule has 0 fully saturated rings. The Hall–Kier alpha value is -1.27. The second kappa shape index (κ2) is 7.66. The van der Waals surface area contributed by atoms with Gasteiger partial charge in [0.25, 0.3) is 0 Å². The second-order valence-corrected chi connectivity index (χ2v) is 5.45. The molecule has 1 aromatic carbocycles. The van der Waals surface area contributed by atoms with Crippen molar-refractivity contribution in [3.05, 3.63) is 45.8 Å². The number of halogens is 2. The number of benzene rings is 1. The predicted octanol–water partition coefficient (Wildman–Crippen LogP) is 2.82. The van der Waals surface area contributed by atoms with Crippen LogP contribution in [0.3, 0.4) is 0 Å². The summed E-state index contributed by atoms with van der Waals surface area (Å²) in [6.45, 7) is 2.82. The molecule has 114 valence electrons. The minimum absolute atomic E-state index is 0.114. The second-order valence-electron chi connectivity index (χ2n) is 4.61. The lowest BCUT2D eigenvalue weighted by Crippen LogP contribution is -2.31. The quantitative estimate of drug-likeness (QED) is 0.817. The fourth-order valence-electron chi connectivity index (χ4n) is 1.69. The third kappa shape index (κ3) is 5.21. The summed E-state index contributed by atoms with van der Waals surface area (Å²) in [5.41, 5.74) is 0.825. The minimum atomic E-state index is -0.677. The van der Waals surface area contributed by atoms with Gasteiger partial charge in [0.05, 0.1) is 17.3 Å². The SMILES string of the molecule is Cc1cc(CNCC(O)COc2cc(Cl)ccc2Cl)on1. The van der Waals surface area contributed by atoms with Gasteiger partial charge in [-0.3, -0.25) is 0 Å². The molecule has 0 aliphatic heterocycles. The van der Waals surface area contributed by atoms with Gasteiger partial charge in [0.15, 0.2) is 5.76 Å². The number of aliphatic hydroxyl groups excluding tert-OH is 1. The molecular formula is C14H16Cl2N2O3. The first kappa shape index (κ1) is 16.1. The molecule has 0 amide bonds. The fraction of sp³-hybridized carbons (Fsp3) is 0.357. The molecule has 2 N–H and O–H groups in total. The van der Waals surface area contributed by atoms with Crippen molar-refractivity contribution in [2.45, 2.75) is 19.6 Å². The molecule has 0 spiro atoms. The van der Waals surface area contributed by atoms with E-state index < -0.39 is 6.10 Å². The molecule has 1 atom stereocenters. The number of nitrogens with zero attached hydrogens (tertiary/aromatic N) is 1. The Kier molecular flexibility index (Phi) is 5.87. The highest BCUT2D eigenvalue weighted by atomic mass is 35.5. The van der Waals surface area contributed by atoms with Gasteiger partial charge in [0.1, 0.15) is 18.5 Å². The molecule has 0 aliphatic carbocycles. The van der Waals surface area contributed by atoms with E-state index in [1.807, 2.05) is 13.0 Å². The first-order valence-electron chi connectivity index (χ1n) is 6.43. The molecule has 0 saturated carbocycles. The zero-order valence-electron chi connectivity index (χ0n) is 11.5. The lowest BCUT2D eigenvalue weighted by molar-refractivity contribution is 0.105. The number of rotatable bonds is 7. The molecule has 5 nitrogen and oxygen atoms in total. The molecular weight excluding hydrogens is 315 g/mol. The molecule has 0 radical (unpaired) electrons. The van der Waals surface area contributed by atoms with E-state index in [1.165, 1.54) is 0 Å². The van der Waals surface area contributed by atoms with E-state index in [2.05, 4.69) is 10.5 Å². The van der Waals surface area contributed by atoms with Gasteiger partial charge in [-0.2, -0.15) is 0 Å². The molecule has 2 aromatic rings. The number of ether oxygens (including phenoxy) is 1. The van der Waals surface area contributed by atoms with E-state index in [9.17, 15) is 5.11 Å². The number of aliphatic hydroxyl groups is 1. The Bertz CT molecular complexity index is 589. The highest BCUT2D eigenvalue weighted by molar-refractivity contribution is 6.34. The highest BCUT2D eigenvalue weighted by Crippen LogP contribution is 2.27. The molecule has 7 heteroatoms. The first-order chi connectivity index (χ1) is 10.0. The van der Waals surface area contributed by atoms with Crippen LogP contribution < -0.4 is 10.1 Å². The summed E-state index contributed by atoms with van der Waals surface area (Å²) in [5, 5.41) is 17.7. The summed E-state index contributed by atoms with van der Waals surface area (Å²) in [6, 6.07) is 6.77. The smallest absolute Gasteiger partial charge is 0.150 e. The third-order valence-electron chi connectivity index (χ3n) is 2.68. The molecule has 0 bridgehead atoms. The fourth-order valence-corrected chi connectivity index (χ4v) is 2.03. The van der Waals surface area contributed by atoms with Crippen molar-refractivity contribution >= 4 is 23.2 Å². The third-order valence-corrected chi connectivity index (χ3v) is 3.23. The van der Waals surface area contributed by atoms with E-state index in [0.29, 0.717) is 28.9 Å². The maximum Gasteiger partial charge on any atom is 0.150 e. The summed E-state index contributed by atoms with van der Waals surface area (Å²) in [6.07, 6.45) is -0.677. The molecule has 2 rings (SSSR count). The van der Waals surface area contributed by atoms with Crippen LogP contribution in [-0.2, 0) is 6.54 Å². The molecule has 1 heterocycles. The average molecular weight is 331 g/mol. The van der Waals surface area contributed by atoms with Crippen LogP contribution in [0, 0.1) is 6.92 Å². The molecule has 21 heavy (non-hydrogen) atoms. The van der Waals surface area contributed by atoms with Crippen LogP contribution in [0.15, 0.2) is 28.8 Å². The van der Waals surface area contributed by atoms with E-state index in [4.69, 9.17) is 32.5 Å². The summed E-state index contributed by atoms with van der Waals surface area (Å²) in [4.78, 5) is 0. The maximum absolute atomic E-state index is 9.84. The number of nitrogens with one attached hydrogen (secondary N) is 1. The van der Waals surface area contributed by atoms with Crippen molar-refractivity contribution in [3.63, 3.8) is 0 Å². The Morgan fingerprint density at radius 2 is 2.19 bits per heavy atom. The van der Waals surface area contributed by atoms with Gasteiger partial charge < -0.3 is 19.7 Å². The summed E-state index contributed by atoms with van der Waals surface area (Å²) in [7, 11) is 0. The predicted molar refractivity (Wildman–Crippen MR) is 80.9 cm³/mol. The minimum Gasteiger partial charge on any atom is -0.489 e. The lowest BCUT2D eigenvalue weighted by Gasteiger charge is -2.13. The molecule has 1 aromatic heterocycles. The lowest BCUT2D eigenvalue weighted by atomic mass is 10.3. The number of hydrogen-bond donors (Lipinski definition) is 2. The van der Waals surface area contributed by atoms with Crippen molar-refractivity contribution in [2.75, 3.05) is 13.2 Å². The van der Waals surface area contributed by atoms with Gasteiger partial charge in [-0.15, -0.1) is 0 Å². The van der Waals surface area contributed by atoms with Crippen LogP contribution in [0.2, 0.25) is 10.0 Å². The van der Waals surface area contributed by atoms with Crippen LogP contribution in [0.4, 0.5) is 0 Å². The van der Waals surface area contributed by atoms with Crippen molar-refractivity contribution in [2.24, 2.45) is 0 Å². The van der Waals surface area contributed by atoms with E-state index >= 15 is 0 Å². The number of hydrogen-bond acceptors (Lipinski definition) is 5. The zero-order valence-corrected chi connectivity index (χ0v) is 13.0. The monoisotopic (exact) mass is 330 g/mol. The molecule has 0 saturated heterocycles. The summed E-state index contributed by atoms with van der Waals surface area (Å²) in [5.74, 6) is 1.17. The maximum atomic E-state index is 9.84. The molecule has 1 unspecified atom stereocenters. The van der Waals surface area contributed by atoms with Gasteiger partial charge in [-0.05, 0) is 19.1 Å². The topological polar surface area (TPSA) is 67.5 Å². The zero-order chi connectivity index (χ0) is 15.2. The van der Waals surface area contributed by atoms with Gasteiger partial charge in [-0.1, -0.05) is 28.4 Å². The van der Waals surface area contributed by atoms with E-state index in [1.54, 1.807) is 18.2 Å². The van der Waals surface area contributed by atoms with Crippen molar-refractivity contribution in [1.82, 2.24) is 10.5 Å².